The number of hydrogen-bond donors (Lipinski definition) is 1. The van der Waals surface area contributed by atoms with E-state index >= 15 is 0 Å². The molecule has 1 N–H and O–H groups in total. The van der Waals surface area contributed by atoms with Gasteiger partial charge in [0, 0.05) is 31.8 Å². The maximum absolute atomic E-state index is 8.98. The third kappa shape index (κ3) is 2.27. The molecule has 0 bridgehead atoms. The molecule has 0 atom stereocenters. The standard InChI is InChI=1S/C12H18N2O2/c1-2-6-16-11-4-3-5-13-12(11)14-7-10(8-14)9-15/h3-5,10,15H,2,6-9H2,1H3. The summed E-state index contributed by atoms with van der Waals surface area (Å²) in [5.74, 6) is 2.14. The lowest BCUT2D eigenvalue weighted by atomic mass is 10.0. The van der Waals surface area contributed by atoms with Gasteiger partial charge in [-0.3, -0.25) is 0 Å². The molecule has 1 aliphatic rings. The Morgan fingerprint density at radius 3 is 3.06 bits per heavy atom. The highest BCUT2D eigenvalue weighted by Crippen LogP contribution is 2.30. The lowest BCUT2D eigenvalue weighted by Crippen LogP contribution is -2.48. The minimum absolute atomic E-state index is 0.258. The van der Waals surface area contributed by atoms with E-state index in [0.717, 1.165) is 37.7 Å². The fourth-order valence-corrected chi connectivity index (χ4v) is 1.80. The quantitative estimate of drug-likeness (QED) is 0.815. The van der Waals surface area contributed by atoms with E-state index in [9.17, 15) is 0 Å². The van der Waals surface area contributed by atoms with Crippen LogP contribution in [0.3, 0.4) is 0 Å². The van der Waals surface area contributed by atoms with Crippen molar-refractivity contribution in [1.29, 1.82) is 0 Å². The van der Waals surface area contributed by atoms with E-state index in [1.165, 1.54) is 0 Å². The highest BCUT2D eigenvalue weighted by atomic mass is 16.5. The molecule has 1 saturated heterocycles. The molecule has 2 rings (SSSR count). The summed E-state index contributed by atoms with van der Waals surface area (Å²) in [5, 5.41) is 8.98. The van der Waals surface area contributed by atoms with Crippen molar-refractivity contribution in [3.8, 4) is 5.75 Å². The third-order valence-corrected chi connectivity index (χ3v) is 2.73. The Morgan fingerprint density at radius 1 is 1.56 bits per heavy atom. The molecule has 0 aromatic carbocycles. The third-order valence-electron chi connectivity index (χ3n) is 2.73. The van der Waals surface area contributed by atoms with Gasteiger partial charge in [-0.05, 0) is 18.6 Å². The first-order valence-corrected chi connectivity index (χ1v) is 5.78. The van der Waals surface area contributed by atoms with Crippen LogP contribution in [0.5, 0.6) is 5.75 Å². The van der Waals surface area contributed by atoms with Crippen LogP contribution in [0.2, 0.25) is 0 Å². The van der Waals surface area contributed by atoms with E-state index in [0.29, 0.717) is 5.92 Å². The molecule has 0 saturated carbocycles. The van der Waals surface area contributed by atoms with Gasteiger partial charge in [0.1, 0.15) is 0 Å². The minimum atomic E-state index is 0.258. The number of rotatable bonds is 5. The maximum atomic E-state index is 8.98. The van der Waals surface area contributed by atoms with Crippen LogP contribution in [0.15, 0.2) is 18.3 Å². The Bertz CT molecular complexity index is 338. The highest BCUT2D eigenvalue weighted by Gasteiger charge is 2.28. The Labute approximate surface area is 95.9 Å². The van der Waals surface area contributed by atoms with E-state index in [1.807, 2.05) is 12.1 Å². The van der Waals surface area contributed by atoms with Crippen LogP contribution in [0, 0.1) is 5.92 Å². The van der Waals surface area contributed by atoms with Crippen molar-refractivity contribution in [2.24, 2.45) is 5.92 Å². The molecule has 0 unspecified atom stereocenters. The average molecular weight is 222 g/mol. The fraction of sp³-hybridized carbons (Fsp3) is 0.583. The zero-order valence-corrected chi connectivity index (χ0v) is 9.59. The molecule has 0 radical (unpaired) electrons. The van der Waals surface area contributed by atoms with Crippen LogP contribution in [-0.4, -0.2) is 36.4 Å². The molecule has 4 nitrogen and oxygen atoms in total. The fourth-order valence-electron chi connectivity index (χ4n) is 1.80. The molecule has 4 heteroatoms. The van der Waals surface area contributed by atoms with Crippen LogP contribution >= 0.6 is 0 Å². The Morgan fingerprint density at radius 2 is 2.38 bits per heavy atom. The Balaban J connectivity index is 2.03. The molecule has 0 spiro atoms. The molecular formula is C12H18N2O2. The topological polar surface area (TPSA) is 45.6 Å². The molecule has 2 heterocycles. The minimum Gasteiger partial charge on any atom is -0.490 e. The second kappa shape index (κ2) is 5.16. The van der Waals surface area contributed by atoms with Crippen LogP contribution in [0.1, 0.15) is 13.3 Å². The van der Waals surface area contributed by atoms with E-state index in [4.69, 9.17) is 9.84 Å². The first-order chi connectivity index (χ1) is 7.85. The van der Waals surface area contributed by atoms with Crippen molar-refractivity contribution in [3.05, 3.63) is 18.3 Å². The second-order valence-electron chi connectivity index (χ2n) is 4.13. The van der Waals surface area contributed by atoms with E-state index in [2.05, 4.69) is 16.8 Å². The summed E-state index contributed by atoms with van der Waals surface area (Å²) in [5.41, 5.74) is 0. The molecule has 0 amide bonds. The lowest BCUT2D eigenvalue weighted by molar-refractivity contribution is 0.199. The van der Waals surface area contributed by atoms with Crippen molar-refractivity contribution in [2.75, 3.05) is 31.2 Å². The van der Waals surface area contributed by atoms with Crippen molar-refractivity contribution in [2.45, 2.75) is 13.3 Å². The highest BCUT2D eigenvalue weighted by molar-refractivity contribution is 5.53. The van der Waals surface area contributed by atoms with Crippen molar-refractivity contribution in [3.63, 3.8) is 0 Å². The summed E-state index contributed by atoms with van der Waals surface area (Å²) in [6, 6.07) is 3.84. The van der Waals surface area contributed by atoms with Gasteiger partial charge in [0.25, 0.3) is 0 Å². The van der Waals surface area contributed by atoms with Crippen LogP contribution < -0.4 is 9.64 Å². The Hall–Kier alpha value is -1.29. The molecule has 1 aliphatic heterocycles. The first kappa shape index (κ1) is 11.2. The summed E-state index contributed by atoms with van der Waals surface area (Å²) in [7, 11) is 0. The number of pyridine rings is 1. The number of anilines is 1. The number of aliphatic hydroxyl groups is 1. The van der Waals surface area contributed by atoms with Crippen molar-refractivity contribution >= 4 is 5.82 Å². The van der Waals surface area contributed by atoms with Crippen LogP contribution in [0.4, 0.5) is 5.82 Å². The van der Waals surface area contributed by atoms with Gasteiger partial charge in [0.15, 0.2) is 11.6 Å². The molecule has 1 fully saturated rings. The summed E-state index contributed by atoms with van der Waals surface area (Å²) in [6.07, 6.45) is 2.77. The molecule has 88 valence electrons. The van der Waals surface area contributed by atoms with Crippen LogP contribution in [-0.2, 0) is 0 Å². The Kier molecular flexibility index (Phi) is 3.62. The summed E-state index contributed by atoms with van der Waals surface area (Å²) >= 11 is 0. The van der Waals surface area contributed by atoms with Gasteiger partial charge in [0.05, 0.1) is 6.61 Å². The SMILES string of the molecule is CCCOc1cccnc1N1CC(CO)C1. The normalized spacial score (nSPS) is 16.0. The maximum Gasteiger partial charge on any atom is 0.171 e. The van der Waals surface area contributed by atoms with Crippen molar-refractivity contribution < 1.29 is 9.84 Å². The average Bonchev–Trinajstić information content (AvgIpc) is 2.26. The number of aromatic nitrogens is 1. The number of aliphatic hydroxyl groups excluding tert-OH is 1. The molecule has 0 aliphatic carbocycles. The van der Waals surface area contributed by atoms with Gasteiger partial charge in [-0.2, -0.15) is 0 Å². The smallest absolute Gasteiger partial charge is 0.171 e. The van der Waals surface area contributed by atoms with Gasteiger partial charge in [-0.1, -0.05) is 6.92 Å². The number of hydrogen-bond acceptors (Lipinski definition) is 4. The predicted octanol–water partition coefficient (Wildman–Crippen LogP) is 1.30. The predicted molar refractivity (Wildman–Crippen MR) is 62.8 cm³/mol. The van der Waals surface area contributed by atoms with Gasteiger partial charge >= 0.3 is 0 Å². The first-order valence-electron chi connectivity index (χ1n) is 5.78. The summed E-state index contributed by atoms with van der Waals surface area (Å²) in [6.45, 7) is 4.80. The van der Waals surface area contributed by atoms with E-state index in [1.54, 1.807) is 6.20 Å². The van der Waals surface area contributed by atoms with E-state index in [-0.39, 0.29) is 6.61 Å². The van der Waals surface area contributed by atoms with Gasteiger partial charge in [0.2, 0.25) is 0 Å². The summed E-state index contributed by atoms with van der Waals surface area (Å²) < 4.78 is 5.65. The van der Waals surface area contributed by atoms with Gasteiger partial charge in [-0.15, -0.1) is 0 Å². The zero-order valence-electron chi connectivity index (χ0n) is 9.59. The summed E-state index contributed by atoms with van der Waals surface area (Å²) in [4.78, 5) is 6.49. The second-order valence-corrected chi connectivity index (χ2v) is 4.13. The van der Waals surface area contributed by atoms with Crippen LogP contribution in [0.25, 0.3) is 0 Å². The van der Waals surface area contributed by atoms with E-state index < -0.39 is 0 Å². The molecule has 16 heavy (non-hydrogen) atoms. The zero-order chi connectivity index (χ0) is 11.4. The van der Waals surface area contributed by atoms with Crippen molar-refractivity contribution in [1.82, 2.24) is 4.98 Å². The largest absolute Gasteiger partial charge is 0.490 e. The molecular weight excluding hydrogens is 204 g/mol. The molecule has 1 aromatic rings. The monoisotopic (exact) mass is 222 g/mol. The lowest BCUT2D eigenvalue weighted by Gasteiger charge is -2.39. The number of ether oxygens (including phenoxy) is 1. The van der Waals surface area contributed by atoms with Gasteiger partial charge < -0.3 is 14.7 Å². The van der Waals surface area contributed by atoms with Gasteiger partial charge in [-0.25, -0.2) is 4.98 Å². The molecule has 1 aromatic heterocycles. The number of nitrogens with zero attached hydrogens (tertiary/aromatic N) is 2.